The molecule has 8 heteroatoms. The van der Waals surface area contributed by atoms with Crippen molar-refractivity contribution in [1.82, 2.24) is 14.5 Å². The van der Waals surface area contributed by atoms with E-state index in [2.05, 4.69) is 18.4 Å². The van der Waals surface area contributed by atoms with Gasteiger partial charge in [-0.1, -0.05) is 55.8 Å². The highest BCUT2D eigenvalue weighted by molar-refractivity contribution is 6.35. The molecule has 0 aliphatic carbocycles. The van der Waals surface area contributed by atoms with Gasteiger partial charge in [0.05, 0.1) is 56.0 Å². The molecule has 4 rings (SSSR count). The molecule has 0 spiro atoms. The largest absolute Gasteiger partial charge is 0.496 e. The minimum absolute atomic E-state index is 0.187. The Bertz CT molecular complexity index is 1420. The molecule has 0 aliphatic heterocycles. The first-order valence-electron chi connectivity index (χ1n) is 12.6. The molecule has 0 radical (unpaired) electrons. The first-order chi connectivity index (χ1) is 18.4. The van der Waals surface area contributed by atoms with Gasteiger partial charge in [0.1, 0.15) is 11.6 Å². The Morgan fingerprint density at radius 2 is 1.66 bits per heavy atom. The first kappa shape index (κ1) is 27.3. The van der Waals surface area contributed by atoms with E-state index >= 15 is 0 Å². The van der Waals surface area contributed by atoms with Crippen molar-refractivity contribution in [2.75, 3.05) is 27.9 Å². The van der Waals surface area contributed by atoms with Crippen LogP contribution in [0.5, 0.6) is 17.2 Å². The fourth-order valence-corrected chi connectivity index (χ4v) is 4.80. The van der Waals surface area contributed by atoms with Crippen molar-refractivity contribution in [3.05, 3.63) is 82.6 Å². The molecule has 0 atom stereocenters. The predicted molar refractivity (Wildman–Crippen MR) is 151 cm³/mol. The summed E-state index contributed by atoms with van der Waals surface area (Å²) in [6, 6.07) is 19.3. The van der Waals surface area contributed by atoms with Gasteiger partial charge in [0.2, 0.25) is 0 Å². The molecule has 7 nitrogen and oxygen atoms in total. The molecule has 0 unspecified atom stereocenters. The highest BCUT2D eigenvalue weighted by Crippen LogP contribution is 2.38. The van der Waals surface area contributed by atoms with Gasteiger partial charge in [-0.2, -0.15) is 0 Å². The second-order valence-electron chi connectivity index (χ2n) is 9.49. The second-order valence-corrected chi connectivity index (χ2v) is 9.86. The number of halogens is 1. The highest BCUT2D eigenvalue weighted by Gasteiger charge is 2.25. The summed E-state index contributed by atoms with van der Waals surface area (Å²) in [5.74, 6) is 2.63. The summed E-state index contributed by atoms with van der Waals surface area (Å²) in [5.41, 5.74) is 3.26. The normalized spacial score (nSPS) is 11.1. The third kappa shape index (κ3) is 5.73. The molecule has 200 valence electrons. The van der Waals surface area contributed by atoms with E-state index in [1.165, 1.54) is 14.2 Å². The topological polar surface area (TPSA) is 65.8 Å². The summed E-state index contributed by atoms with van der Waals surface area (Å²) in [4.78, 5) is 20.7. The molecule has 0 fully saturated rings. The van der Waals surface area contributed by atoms with Crippen molar-refractivity contribution >= 4 is 28.5 Å². The molecule has 0 bridgehead atoms. The molecule has 4 aromatic rings. The summed E-state index contributed by atoms with van der Waals surface area (Å²) >= 11 is 6.65. The molecule has 1 aromatic heterocycles. The smallest absolute Gasteiger partial charge is 0.255 e. The summed E-state index contributed by atoms with van der Waals surface area (Å²) in [6.07, 6.45) is 0.837. The van der Waals surface area contributed by atoms with Crippen LogP contribution < -0.4 is 14.2 Å². The molecule has 1 amide bonds. The summed E-state index contributed by atoms with van der Waals surface area (Å²) in [7, 11) is 4.72. The lowest BCUT2D eigenvalue weighted by Gasteiger charge is -2.25. The molecule has 3 aromatic carbocycles. The number of amides is 1. The third-order valence-electron chi connectivity index (χ3n) is 6.57. The van der Waals surface area contributed by atoms with E-state index in [-0.39, 0.29) is 10.9 Å². The fourth-order valence-electron chi connectivity index (χ4n) is 4.49. The molecular weight excluding hydrogens is 502 g/mol. The molecule has 0 N–H and O–H groups in total. The Morgan fingerprint density at radius 3 is 2.37 bits per heavy atom. The minimum atomic E-state index is -0.187. The number of carbonyl (C=O) groups is 1. The Morgan fingerprint density at radius 1 is 0.947 bits per heavy atom. The zero-order chi connectivity index (χ0) is 27.2. The number of ether oxygens (including phenoxy) is 3. The average molecular weight is 536 g/mol. The van der Waals surface area contributed by atoms with Crippen molar-refractivity contribution in [2.24, 2.45) is 5.92 Å². The van der Waals surface area contributed by atoms with Crippen LogP contribution in [0.2, 0.25) is 5.02 Å². The first-order valence-corrected chi connectivity index (χ1v) is 13.0. The standard InChI is InChI=1S/C30H34ClN3O4/c1-20(2)16-17-33(30(35)22-14-15-26(37-4)29(38-5)28(22)31)19-27-32-23-11-7-8-12-24(23)34(27)18-21-10-6-9-13-25(21)36-3/h6-15,20H,16-19H2,1-5H3. The number of aromatic nitrogens is 2. The maximum Gasteiger partial charge on any atom is 0.255 e. The van der Waals surface area contributed by atoms with Crippen molar-refractivity contribution in [1.29, 1.82) is 0 Å². The number of nitrogens with zero attached hydrogens (tertiary/aromatic N) is 3. The van der Waals surface area contributed by atoms with Gasteiger partial charge >= 0.3 is 0 Å². The Labute approximate surface area is 228 Å². The Hall–Kier alpha value is -3.71. The van der Waals surface area contributed by atoms with Crippen LogP contribution in [0, 0.1) is 5.92 Å². The molecule has 38 heavy (non-hydrogen) atoms. The quantitative estimate of drug-likeness (QED) is 0.221. The number of imidazole rings is 1. The SMILES string of the molecule is COc1ccccc1Cn1c(CN(CCC(C)C)C(=O)c2ccc(OC)c(OC)c2Cl)nc2ccccc21. The lowest BCUT2D eigenvalue weighted by atomic mass is 10.1. The van der Waals surface area contributed by atoms with Gasteiger partial charge < -0.3 is 23.7 Å². The maximum atomic E-state index is 13.9. The van der Waals surface area contributed by atoms with Crippen LogP contribution >= 0.6 is 11.6 Å². The van der Waals surface area contributed by atoms with Crippen LogP contribution in [-0.4, -0.2) is 48.2 Å². The monoisotopic (exact) mass is 535 g/mol. The van der Waals surface area contributed by atoms with E-state index < -0.39 is 0 Å². The van der Waals surface area contributed by atoms with E-state index in [9.17, 15) is 4.79 Å². The van der Waals surface area contributed by atoms with E-state index in [4.69, 9.17) is 30.8 Å². The summed E-state index contributed by atoms with van der Waals surface area (Å²) in [5, 5.41) is 0.230. The summed E-state index contributed by atoms with van der Waals surface area (Å²) in [6.45, 7) is 5.72. The van der Waals surface area contributed by atoms with Crippen LogP contribution in [0.15, 0.2) is 60.7 Å². The number of benzene rings is 3. The van der Waals surface area contributed by atoms with Gasteiger partial charge in [-0.25, -0.2) is 4.98 Å². The van der Waals surface area contributed by atoms with E-state index in [1.54, 1.807) is 19.2 Å². The lowest BCUT2D eigenvalue weighted by molar-refractivity contribution is 0.0729. The van der Waals surface area contributed by atoms with Crippen molar-refractivity contribution in [3.63, 3.8) is 0 Å². The van der Waals surface area contributed by atoms with Crippen LogP contribution in [0.1, 0.15) is 42.0 Å². The second kappa shape index (κ2) is 12.2. The predicted octanol–water partition coefficient (Wildman–Crippen LogP) is 6.45. The average Bonchev–Trinajstić information content (AvgIpc) is 3.27. The lowest BCUT2D eigenvalue weighted by Crippen LogP contribution is -2.33. The maximum absolute atomic E-state index is 13.9. The van der Waals surface area contributed by atoms with E-state index in [0.29, 0.717) is 42.6 Å². The van der Waals surface area contributed by atoms with Crippen molar-refractivity contribution < 1.29 is 19.0 Å². The van der Waals surface area contributed by atoms with E-state index in [0.717, 1.165) is 34.6 Å². The minimum Gasteiger partial charge on any atom is -0.496 e. The summed E-state index contributed by atoms with van der Waals surface area (Å²) < 4.78 is 18.6. The fraction of sp³-hybridized carbons (Fsp3) is 0.333. The molecule has 0 aliphatic rings. The van der Waals surface area contributed by atoms with Crippen molar-refractivity contribution in [2.45, 2.75) is 33.4 Å². The zero-order valence-electron chi connectivity index (χ0n) is 22.5. The number of rotatable bonds is 11. The highest BCUT2D eigenvalue weighted by atomic mass is 35.5. The van der Waals surface area contributed by atoms with Gasteiger partial charge in [0.25, 0.3) is 5.91 Å². The number of hydrogen-bond acceptors (Lipinski definition) is 5. The number of hydrogen-bond donors (Lipinski definition) is 0. The van der Waals surface area contributed by atoms with Gasteiger partial charge in [0.15, 0.2) is 11.5 Å². The number of methoxy groups -OCH3 is 3. The molecule has 0 saturated heterocycles. The zero-order valence-corrected chi connectivity index (χ0v) is 23.3. The molecule has 1 heterocycles. The van der Waals surface area contributed by atoms with Gasteiger partial charge in [-0.15, -0.1) is 0 Å². The Balaban J connectivity index is 1.75. The van der Waals surface area contributed by atoms with Crippen LogP contribution in [0.3, 0.4) is 0 Å². The Kier molecular flexibility index (Phi) is 8.79. The van der Waals surface area contributed by atoms with Crippen molar-refractivity contribution in [3.8, 4) is 17.2 Å². The number of para-hydroxylation sites is 3. The van der Waals surface area contributed by atoms with Crippen LogP contribution in [-0.2, 0) is 13.1 Å². The van der Waals surface area contributed by atoms with Crippen LogP contribution in [0.4, 0.5) is 0 Å². The number of fused-ring (bicyclic) bond motifs is 1. The van der Waals surface area contributed by atoms with E-state index in [1.807, 2.05) is 53.4 Å². The molecule has 0 saturated carbocycles. The number of carbonyl (C=O) groups excluding carboxylic acids is 1. The third-order valence-corrected chi connectivity index (χ3v) is 6.94. The van der Waals surface area contributed by atoms with Crippen LogP contribution in [0.25, 0.3) is 11.0 Å². The molecular formula is C30H34ClN3O4. The van der Waals surface area contributed by atoms with Gasteiger partial charge in [0, 0.05) is 12.1 Å². The van der Waals surface area contributed by atoms with Gasteiger partial charge in [-0.05, 0) is 42.7 Å². The van der Waals surface area contributed by atoms with Gasteiger partial charge in [-0.3, -0.25) is 4.79 Å².